The minimum Gasteiger partial charge on any atom is -0.356 e. The number of carbonyl (C=O) groups is 1. The summed E-state index contributed by atoms with van der Waals surface area (Å²) < 4.78 is 29.4. The summed E-state index contributed by atoms with van der Waals surface area (Å²) in [7, 11) is -3.80. The fourth-order valence-electron chi connectivity index (χ4n) is 1.51. The lowest BCUT2D eigenvalue weighted by Crippen LogP contribution is -2.29. The Morgan fingerprint density at radius 1 is 1.17 bits per heavy atom. The van der Waals surface area contributed by atoms with E-state index in [1.165, 1.54) is 0 Å². The van der Waals surface area contributed by atoms with Crippen LogP contribution in [0.15, 0.2) is 0 Å². The second-order valence-corrected chi connectivity index (χ2v) is 6.23. The van der Waals surface area contributed by atoms with Gasteiger partial charge in [-0.15, -0.1) is 0 Å². The van der Waals surface area contributed by atoms with Crippen LogP contribution in [0.25, 0.3) is 0 Å². The van der Waals surface area contributed by atoms with Crippen LogP contribution in [0.4, 0.5) is 0 Å². The van der Waals surface area contributed by atoms with Gasteiger partial charge in [0.05, 0.1) is 5.75 Å². The monoisotopic (exact) mass is 279 g/mol. The SMILES string of the molecule is CCC(C)C(=O)NCCCCCCCS(=O)(=O)O. The first-order valence-electron chi connectivity index (χ1n) is 6.59. The van der Waals surface area contributed by atoms with Crippen LogP contribution in [-0.4, -0.2) is 31.2 Å². The van der Waals surface area contributed by atoms with Gasteiger partial charge in [0.15, 0.2) is 0 Å². The molecular formula is C12H25NO4S. The van der Waals surface area contributed by atoms with Crippen molar-refractivity contribution in [1.82, 2.24) is 5.32 Å². The molecule has 0 saturated carbocycles. The Labute approximate surface area is 110 Å². The van der Waals surface area contributed by atoms with Gasteiger partial charge in [-0.3, -0.25) is 9.35 Å². The van der Waals surface area contributed by atoms with Crippen molar-refractivity contribution < 1.29 is 17.8 Å². The molecule has 6 heteroatoms. The highest BCUT2D eigenvalue weighted by molar-refractivity contribution is 7.85. The van der Waals surface area contributed by atoms with Crippen molar-refractivity contribution in [3.8, 4) is 0 Å². The van der Waals surface area contributed by atoms with Crippen LogP contribution in [0, 0.1) is 5.92 Å². The summed E-state index contributed by atoms with van der Waals surface area (Å²) >= 11 is 0. The molecule has 2 N–H and O–H groups in total. The topological polar surface area (TPSA) is 83.5 Å². The third-order valence-electron chi connectivity index (χ3n) is 2.94. The molecule has 0 aliphatic heterocycles. The van der Waals surface area contributed by atoms with Crippen molar-refractivity contribution in [1.29, 1.82) is 0 Å². The van der Waals surface area contributed by atoms with Gasteiger partial charge in [-0.1, -0.05) is 33.1 Å². The molecule has 108 valence electrons. The van der Waals surface area contributed by atoms with Gasteiger partial charge in [-0.2, -0.15) is 8.42 Å². The van der Waals surface area contributed by atoms with Crippen molar-refractivity contribution in [3.05, 3.63) is 0 Å². The van der Waals surface area contributed by atoms with Crippen LogP contribution in [-0.2, 0) is 14.9 Å². The van der Waals surface area contributed by atoms with E-state index in [0.29, 0.717) is 13.0 Å². The van der Waals surface area contributed by atoms with Crippen LogP contribution in [0.3, 0.4) is 0 Å². The molecule has 18 heavy (non-hydrogen) atoms. The van der Waals surface area contributed by atoms with Crippen LogP contribution in [0.5, 0.6) is 0 Å². The van der Waals surface area contributed by atoms with E-state index in [0.717, 1.165) is 32.1 Å². The van der Waals surface area contributed by atoms with Gasteiger partial charge in [-0.25, -0.2) is 0 Å². The number of nitrogens with one attached hydrogen (secondary N) is 1. The molecule has 0 bridgehead atoms. The molecule has 1 atom stereocenters. The molecule has 0 aromatic carbocycles. The molecule has 0 heterocycles. The third kappa shape index (κ3) is 10.5. The smallest absolute Gasteiger partial charge is 0.264 e. The first-order valence-corrected chi connectivity index (χ1v) is 8.20. The maximum atomic E-state index is 11.4. The van der Waals surface area contributed by atoms with Gasteiger partial charge in [-0.05, 0) is 19.3 Å². The molecule has 1 unspecified atom stereocenters. The van der Waals surface area contributed by atoms with E-state index in [9.17, 15) is 13.2 Å². The van der Waals surface area contributed by atoms with E-state index in [1.54, 1.807) is 0 Å². The fraction of sp³-hybridized carbons (Fsp3) is 0.917. The van der Waals surface area contributed by atoms with Gasteiger partial charge in [0.25, 0.3) is 10.1 Å². The van der Waals surface area contributed by atoms with Crippen LogP contribution >= 0.6 is 0 Å². The normalized spacial score (nSPS) is 13.3. The number of amides is 1. The number of hydrogen-bond donors (Lipinski definition) is 2. The maximum absolute atomic E-state index is 11.4. The Bertz CT molecular complexity index is 327. The summed E-state index contributed by atoms with van der Waals surface area (Å²) in [5.74, 6) is 0.0150. The Kier molecular flexibility index (Phi) is 9.01. The molecule has 0 rings (SSSR count). The standard InChI is InChI=1S/C12H25NO4S/c1-3-11(2)12(14)13-9-7-5-4-6-8-10-18(15,16)17/h11H,3-10H2,1-2H3,(H,13,14)(H,15,16,17). The highest BCUT2D eigenvalue weighted by Gasteiger charge is 2.08. The zero-order chi connectivity index (χ0) is 14.0. The van der Waals surface area contributed by atoms with Crippen molar-refractivity contribution in [3.63, 3.8) is 0 Å². The van der Waals surface area contributed by atoms with E-state index in [1.807, 2.05) is 13.8 Å². The molecule has 0 aliphatic rings. The first-order chi connectivity index (χ1) is 8.37. The molecule has 0 saturated heterocycles. The lowest BCUT2D eigenvalue weighted by molar-refractivity contribution is -0.124. The average molecular weight is 279 g/mol. The van der Waals surface area contributed by atoms with Gasteiger partial charge >= 0.3 is 0 Å². The summed E-state index contributed by atoms with van der Waals surface area (Å²) in [6.07, 6.45) is 4.94. The Balaban J connectivity index is 3.34. The highest BCUT2D eigenvalue weighted by Crippen LogP contribution is 2.04. The Morgan fingerprint density at radius 3 is 2.28 bits per heavy atom. The van der Waals surface area contributed by atoms with E-state index in [4.69, 9.17) is 4.55 Å². The third-order valence-corrected chi connectivity index (χ3v) is 3.74. The number of rotatable bonds is 10. The summed E-state index contributed by atoms with van der Waals surface area (Å²) in [5.41, 5.74) is 0. The van der Waals surface area contributed by atoms with Gasteiger partial charge in [0, 0.05) is 12.5 Å². The summed E-state index contributed by atoms with van der Waals surface area (Å²) in [5, 5.41) is 2.87. The van der Waals surface area contributed by atoms with Crippen LogP contribution in [0.1, 0.15) is 52.4 Å². The van der Waals surface area contributed by atoms with Crippen molar-refractivity contribution in [2.24, 2.45) is 5.92 Å². The first kappa shape index (κ1) is 17.4. The lowest BCUT2D eigenvalue weighted by Gasteiger charge is -2.09. The van der Waals surface area contributed by atoms with Crippen molar-refractivity contribution >= 4 is 16.0 Å². The molecule has 0 fully saturated rings. The number of hydrogen-bond acceptors (Lipinski definition) is 3. The van der Waals surface area contributed by atoms with Gasteiger partial charge < -0.3 is 5.32 Å². The van der Waals surface area contributed by atoms with Crippen molar-refractivity contribution in [2.75, 3.05) is 12.3 Å². The zero-order valence-corrected chi connectivity index (χ0v) is 12.1. The van der Waals surface area contributed by atoms with E-state index in [2.05, 4.69) is 5.32 Å². The van der Waals surface area contributed by atoms with E-state index in [-0.39, 0.29) is 17.6 Å². The summed E-state index contributed by atoms with van der Waals surface area (Å²) in [4.78, 5) is 11.4. The Morgan fingerprint density at radius 2 is 1.72 bits per heavy atom. The average Bonchev–Trinajstić information content (AvgIpc) is 2.29. The van der Waals surface area contributed by atoms with Crippen LogP contribution < -0.4 is 5.32 Å². The molecule has 0 spiro atoms. The molecule has 0 aromatic rings. The summed E-state index contributed by atoms with van der Waals surface area (Å²) in [6, 6.07) is 0. The minimum absolute atomic E-state index is 0.0692. The fourth-order valence-corrected chi connectivity index (χ4v) is 2.08. The minimum atomic E-state index is -3.80. The molecule has 1 amide bonds. The Hall–Kier alpha value is -0.620. The second kappa shape index (κ2) is 9.33. The molecule has 0 radical (unpaired) electrons. The van der Waals surface area contributed by atoms with Crippen LogP contribution in [0.2, 0.25) is 0 Å². The molecule has 0 aromatic heterocycles. The maximum Gasteiger partial charge on any atom is 0.264 e. The predicted molar refractivity (Wildman–Crippen MR) is 72.0 cm³/mol. The molecular weight excluding hydrogens is 254 g/mol. The largest absolute Gasteiger partial charge is 0.356 e. The second-order valence-electron chi connectivity index (χ2n) is 4.65. The lowest BCUT2D eigenvalue weighted by atomic mass is 10.1. The number of carbonyl (C=O) groups excluding carboxylic acids is 1. The van der Waals surface area contributed by atoms with E-state index >= 15 is 0 Å². The van der Waals surface area contributed by atoms with E-state index < -0.39 is 10.1 Å². The molecule has 0 aliphatic carbocycles. The van der Waals surface area contributed by atoms with Gasteiger partial charge in [0.1, 0.15) is 0 Å². The summed E-state index contributed by atoms with van der Waals surface area (Å²) in [6.45, 7) is 4.57. The quantitative estimate of drug-likeness (QED) is 0.473. The number of unbranched alkanes of at least 4 members (excludes halogenated alkanes) is 4. The molecule has 5 nitrogen and oxygen atoms in total. The highest BCUT2D eigenvalue weighted by atomic mass is 32.2. The van der Waals surface area contributed by atoms with Crippen molar-refractivity contribution in [2.45, 2.75) is 52.4 Å². The predicted octanol–water partition coefficient (Wildman–Crippen LogP) is 1.99. The zero-order valence-electron chi connectivity index (χ0n) is 11.3. The van der Waals surface area contributed by atoms with Gasteiger partial charge in [0.2, 0.25) is 5.91 Å².